The highest BCUT2D eigenvalue weighted by Gasteiger charge is 2.18. The fourth-order valence-electron chi connectivity index (χ4n) is 2.99. The number of aryl methyl sites for hydroxylation is 3. The highest BCUT2D eigenvalue weighted by Crippen LogP contribution is 2.34. The van der Waals surface area contributed by atoms with Crippen LogP contribution in [-0.4, -0.2) is 6.54 Å². The van der Waals surface area contributed by atoms with E-state index in [1.54, 1.807) is 0 Å². The third-order valence-corrected chi connectivity index (χ3v) is 4.74. The summed E-state index contributed by atoms with van der Waals surface area (Å²) in [5.74, 6) is 0. The van der Waals surface area contributed by atoms with E-state index in [0.717, 1.165) is 11.9 Å². The first-order chi connectivity index (χ1) is 9.69. The fraction of sp³-hybridized carbons (Fsp3) is 0.333. The molecule has 0 saturated heterocycles. The van der Waals surface area contributed by atoms with Gasteiger partial charge in [0.2, 0.25) is 0 Å². The number of rotatable bonds is 2. The van der Waals surface area contributed by atoms with Crippen LogP contribution in [0.4, 0.5) is 11.4 Å². The smallest absolute Gasteiger partial charge is 0.0443 e. The van der Waals surface area contributed by atoms with Crippen LogP contribution in [-0.2, 0) is 11.8 Å². The number of hydrogen-bond donors (Lipinski definition) is 0. The zero-order valence-corrected chi connectivity index (χ0v) is 13.7. The molecule has 0 radical (unpaired) electrons. The molecule has 0 fully saturated rings. The van der Waals surface area contributed by atoms with E-state index >= 15 is 0 Å². The van der Waals surface area contributed by atoms with Crippen LogP contribution in [0.25, 0.3) is 0 Å². The fourth-order valence-corrected chi connectivity index (χ4v) is 3.62. The van der Waals surface area contributed by atoms with Crippen molar-refractivity contribution in [2.45, 2.75) is 32.0 Å². The molecule has 0 bridgehead atoms. The Morgan fingerprint density at radius 2 is 1.95 bits per heavy atom. The molecule has 0 spiro atoms. The summed E-state index contributed by atoms with van der Waals surface area (Å²) in [6.45, 7) is 5.48. The van der Waals surface area contributed by atoms with Crippen molar-refractivity contribution >= 4 is 27.3 Å². The number of nitrogens with zero attached hydrogens (tertiary/aromatic N) is 1. The highest BCUT2D eigenvalue weighted by molar-refractivity contribution is 9.08. The molecule has 20 heavy (non-hydrogen) atoms. The third-order valence-electron chi connectivity index (χ3n) is 4.14. The molecule has 1 heterocycles. The molecule has 2 aromatic carbocycles. The lowest BCUT2D eigenvalue weighted by molar-refractivity contribution is 0.765. The van der Waals surface area contributed by atoms with E-state index in [2.05, 4.69) is 71.1 Å². The average molecular weight is 330 g/mol. The van der Waals surface area contributed by atoms with Gasteiger partial charge in [-0.05, 0) is 61.6 Å². The molecule has 2 heteroatoms. The first-order valence-corrected chi connectivity index (χ1v) is 8.34. The minimum atomic E-state index is 0.925. The van der Waals surface area contributed by atoms with Crippen LogP contribution in [0.5, 0.6) is 0 Å². The average Bonchev–Trinajstić information content (AvgIpc) is 2.46. The van der Waals surface area contributed by atoms with Gasteiger partial charge in [-0.3, -0.25) is 0 Å². The topological polar surface area (TPSA) is 3.24 Å². The molecule has 104 valence electrons. The van der Waals surface area contributed by atoms with Crippen LogP contribution in [0.1, 0.15) is 28.7 Å². The van der Waals surface area contributed by atoms with Gasteiger partial charge in [-0.1, -0.05) is 39.7 Å². The summed E-state index contributed by atoms with van der Waals surface area (Å²) in [7, 11) is 0. The molecule has 1 aliphatic heterocycles. The monoisotopic (exact) mass is 329 g/mol. The maximum atomic E-state index is 3.55. The third kappa shape index (κ3) is 2.49. The Labute approximate surface area is 129 Å². The van der Waals surface area contributed by atoms with E-state index in [1.165, 1.54) is 46.5 Å². The molecule has 2 aromatic rings. The summed E-state index contributed by atoms with van der Waals surface area (Å²) >= 11 is 3.55. The van der Waals surface area contributed by atoms with Crippen molar-refractivity contribution in [3.05, 3.63) is 58.7 Å². The quantitative estimate of drug-likeness (QED) is 0.677. The lowest BCUT2D eigenvalue weighted by atomic mass is 9.98. The van der Waals surface area contributed by atoms with Crippen LogP contribution in [0.2, 0.25) is 0 Å². The van der Waals surface area contributed by atoms with E-state index < -0.39 is 0 Å². The predicted octanol–water partition coefficient (Wildman–Crippen LogP) is 5.28. The van der Waals surface area contributed by atoms with Gasteiger partial charge >= 0.3 is 0 Å². The van der Waals surface area contributed by atoms with Crippen molar-refractivity contribution in [2.24, 2.45) is 0 Å². The van der Waals surface area contributed by atoms with Crippen molar-refractivity contribution in [1.82, 2.24) is 0 Å². The van der Waals surface area contributed by atoms with Crippen LogP contribution >= 0.6 is 15.9 Å². The first-order valence-electron chi connectivity index (χ1n) is 7.21. The number of benzene rings is 2. The molecule has 1 aliphatic rings. The van der Waals surface area contributed by atoms with Crippen molar-refractivity contribution in [3.63, 3.8) is 0 Å². The maximum Gasteiger partial charge on any atom is 0.0443 e. The van der Waals surface area contributed by atoms with Crippen LogP contribution < -0.4 is 4.90 Å². The second-order valence-electron chi connectivity index (χ2n) is 5.63. The van der Waals surface area contributed by atoms with Crippen molar-refractivity contribution in [3.8, 4) is 0 Å². The molecule has 0 aromatic heterocycles. The van der Waals surface area contributed by atoms with E-state index in [1.807, 2.05) is 0 Å². The van der Waals surface area contributed by atoms with Gasteiger partial charge in [0.05, 0.1) is 0 Å². The number of hydrogen-bond acceptors (Lipinski definition) is 1. The lowest BCUT2D eigenvalue weighted by Crippen LogP contribution is -2.24. The molecule has 0 amide bonds. The van der Waals surface area contributed by atoms with Gasteiger partial charge in [-0.15, -0.1) is 0 Å². The van der Waals surface area contributed by atoms with Gasteiger partial charge < -0.3 is 4.90 Å². The summed E-state index contributed by atoms with van der Waals surface area (Å²) in [5, 5.41) is 0.925. The molecule has 1 nitrogen and oxygen atoms in total. The number of anilines is 2. The molecule has 0 unspecified atom stereocenters. The molecule has 3 rings (SSSR count). The van der Waals surface area contributed by atoms with Gasteiger partial charge in [0.15, 0.2) is 0 Å². The Hall–Kier alpha value is -1.28. The standard InChI is InChI=1S/C18H20BrN/c1-13-5-8-18-15(10-13)4-3-9-20(18)17-7-6-16(12-19)14(2)11-17/h5-8,10-11H,3-4,9,12H2,1-2H3. The van der Waals surface area contributed by atoms with Crippen LogP contribution in [0.15, 0.2) is 36.4 Å². The highest BCUT2D eigenvalue weighted by atomic mass is 79.9. The number of halogens is 1. The first kappa shape index (κ1) is 13.7. The van der Waals surface area contributed by atoms with E-state index in [0.29, 0.717) is 0 Å². The Morgan fingerprint density at radius 3 is 2.70 bits per heavy atom. The number of alkyl halides is 1. The van der Waals surface area contributed by atoms with Crippen LogP contribution in [0.3, 0.4) is 0 Å². The van der Waals surface area contributed by atoms with Crippen molar-refractivity contribution in [2.75, 3.05) is 11.4 Å². The molecule has 0 atom stereocenters. The summed E-state index contributed by atoms with van der Waals surface area (Å²) in [5.41, 5.74) is 8.27. The second-order valence-corrected chi connectivity index (χ2v) is 6.19. The van der Waals surface area contributed by atoms with Gasteiger partial charge in [-0.2, -0.15) is 0 Å². The number of fused-ring (bicyclic) bond motifs is 1. The summed E-state index contributed by atoms with van der Waals surface area (Å²) < 4.78 is 0. The predicted molar refractivity (Wildman–Crippen MR) is 90.3 cm³/mol. The minimum absolute atomic E-state index is 0.925. The lowest BCUT2D eigenvalue weighted by Gasteiger charge is -2.32. The summed E-state index contributed by atoms with van der Waals surface area (Å²) in [4.78, 5) is 2.46. The van der Waals surface area contributed by atoms with Crippen LogP contribution in [0, 0.1) is 13.8 Å². The van der Waals surface area contributed by atoms with Crippen molar-refractivity contribution in [1.29, 1.82) is 0 Å². The van der Waals surface area contributed by atoms with Gasteiger partial charge in [-0.25, -0.2) is 0 Å². The Kier molecular flexibility index (Phi) is 3.84. The normalized spacial score (nSPS) is 14.2. The van der Waals surface area contributed by atoms with Crippen molar-refractivity contribution < 1.29 is 0 Å². The molecule has 0 saturated carbocycles. The summed E-state index contributed by atoms with van der Waals surface area (Å²) in [6.07, 6.45) is 2.43. The molecule has 0 aliphatic carbocycles. The molecular weight excluding hydrogens is 310 g/mol. The summed E-state index contributed by atoms with van der Waals surface area (Å²) in [6, 6.07) is 13.6. The maximum absolute atomic E-state index is 3.55. The zero-order valence-electron chi connectivity index (χ0n) is 12.1. The van der Waals surface area contributed by atoms with E-state index in [4.69, 9.17) is 0 Å². The molecule has 0 N–H and O–H groups in total. The van der Waals surface area contributed by atoms with Gasteiger partial charge in [0.25, 0.3) is 0 Å². The Bertz CT molecular complexity index is 633. The second kappa shape index (κ2) is 5.61. The van der Waals surface area contributed by atoms with Gasteiger partial charge in [0.1, 0.15) is 0 Å². The zero-order chi connectivity index (χ0) is 14.1. The minimum Gasteiger partial charge on any atom is -0.341 e. The largest absolute Gasteiger partial charge is 0.341 e. The molecular formula is C18H20BrN. The van der Waals surface area contributed by atoms with E-state index in [9.17, 15) is 0 Å². The Morgan fingerprint density at radius 1 is 1.10 bits per heavy atom. The van der Waals surface area contributed by atoms with E-state index in [-0.39, 0.29) is 0 Å². The van der Waals surface area contributed by atoms with Gasteiger partial charge in [0, 0.05) is 23.2 Å². The Balaban J connectivity index is 2.02. The SMILES string of the molecule is Cc1ccc2c(c1)CCCN2c1ccc(CBr)c(C)c1.